The summed E-state index contributed by atoms with van der Waals surface area (Å²) in [5, 5.41) is 9.78. The second-order valence-corrected chi connectivity index (χ2v) is 4.01. The molecule has 0 aliphatic heterocycles. The number of aryl methyl sites for hydroxylation is 1. The van der Waals surface area contributed by atoms with Crippen molar-refractivity contribution in [2.75, 3.05) is 7.11 Å². The molecule has 0 aliphatic carbocycles. The Bertz CT molecular complexity index is 570. The number of esters is 1. The maximum Gasteiger partial charge on any atom is 0.305 e. The number of aromatic hydroxyl groups is 1. The number of ether oxygens (including phenoxy) is 1. The number of aromatic nitrogens is 2. The van der Waals surface area contributed by atoms with Gasteiger partial charge in [0.2, 0.25) is 0 Å². The van der Waals surface area contributed by atoms with Crippen molar-refractivity contribution in [1.29, 1.82) is 0 Å². The van der Waals surface area contributed by atoms with Crippen molar-refractivity contribution in [3.05, 3.63) is 42.4 Å². The number of phenolic OH excluding ortho intramolecular Hbond substituents is 1. The first-order valence-corrected chi connectivity index (χ1v) is 5.86. The van der Waals surface area contributed by atoms with Crippen molar-refractivity contribution in [3.63, 3.8) is 0 Å². The molecule has 0 saturated heterocycles. The monoisotopic (exact) mass is 258 g/mol. The number of carbonyl (C=O) groups is 1. The fourth-order valence-electron chi connectivity index (χ4n) is 1.73. The summed E-state index contributed by atoms with van der Waals surface area (Å²) in [6.07, 6.45) is 5.51. The number of rotatable bonds is 4. The van der Waals surface area contributed by atoms with Crippen LogP contribution < -0.4 is 0 Å². The third kappa shape index (κ3) is 3.28. The Morgan fingerprint density at radius 2 is 2.21 bits per heavy atom. The van der Waals surface area contributed by atoms with Crippen LogP contribution in [-0.2, 0) is 16.0 Å². The van der Waals surface area contributed by atoms with Gasteiger partial charge in [-0.2, -0.15) is 0 Å². The Hall–Kier alpha value is -2.43. The fraction of sp³-hybridized carbons (Fsp3) is 0.214. The molecule has 1 heterocycles. The molecule has 98 valence electrons. The summed E-state index contributed by atoms with van der Waals surface area (Å²) < 4.78 is 4.58. The van der Waals surface area contributed by atoms with E-state index in [4.69, 9.17) is 0 Å². The maximum atomic E-state index is 11.1. The van der Waals surface area contributed by atoms with E-state index in [1.165, 1.54) is 7.11 Å². The van der Waals surface area contributed by atoms with E-state index >= 15 is 0 Å². The molecule has 0 aliphatic rings. The number of methoxy groups -OCH3 is 1. The SMILES string of the molecule is COC(=O)CCc1cc(-c2cnccn2)ccc1O. The molecule has 2 rings (SSSR count). The Morgan fingerprint density at radius 3 is 2.89 bits per heavy atom. The van der Waals surface area contributed by atoms with Gasteiger partial charge in [0.1, 0.15) is 5.75 Å². The van der Waals surface area contributed by atoms with Gasteiger partial charge in [-0.3, -0.25) is 14.8 Å². The molecule has 0 fully saturated rings. The second kappa shape index (κ2) is 5.95. The summed E-state index contributed by atoms with van der Waals surface area (Å²) in [7, 11) is 1.35. The third-order valence-corrected chi connectivity index (χ3v) is 2.76. The summed E-state index contributed by atoms with van der Waals surface area (Å²) in [6, 6.07) is 5.17. The van der Waals surface area contributed by atoms with Crippen molar-refractivity contribution in [1.82, 2.24) is 9.97 Å². The molecule has 0 saturated carbocycles. The predicted molar refractivity (Wildman–Crippen MR) is 69.5 cm³/mol. The van der Waals surface area contributed by atoms with Gasteiger partial charge in [-0.1, -0.05) is 0 Å². The zero-order valence-electron chi connectivity index (χ0n) is 10.5. The lowest BCUT2D eigenvalue weighted by Gasteiger charge is -2.07. The van der Waals surface area contributed by atoms with Gasteiger partial charge < -0.3 is 9.84 Å². The summed E-state index contributed by atoms with van der Waals surface area (Å²) in [6.45, 7) is 0. The van der Waals surface area contributed by atoms with Crippen LogP contribution in [0.5, 0.6) is 5.75 Å². The Kier molecular flexibility index (Phi) is 4.07. The smallest absolute Gasteiger partial charge is 0.305 e. The van der Waals surface area contributed by atoms with Gasteiger partial charge in [-0.05, 0) is 30.2 Å². The summed E-state index contributed by atoms with van der Waals surface area (Å²) in [5.74, 6) is -0.138. The lowest BCUT2D eigenvalue weighted by molar-refractivity contribution is -0.140. The van der Waals surface area contributed by atoms with E-state index in [1.54, 1.807) is 30.7 Å². The molecule has 0 amide bonds. The third-order valence-electron chi connectivity index (χ3n) is 2.76. The van der Waals surface area contributed by atoms with Crippen molar-refractivity contribution in [2.45, 2.75) is 12.8 Å². The van der Waals surface area contributed by atoms with E-state index in [2.05, 4.69) is 14.7 Å². The van der Waals surface area contributed by atoms with Crippen LogP contribution in [-0.4, -0.2) is 28.2 Å². The minimum absolute atomic E-state index is 0.163. The highest BCUT2D eigenvalue weighted by Gasteiger charge is 2.08. The first-order chi connectivity index (χ1) is 9.20. The van der Waals surface area contributed by atoms with Crippen molar-refractivity contribution in [3.8, 4) is 17.0 Å². The Labute approximate surface area is 110 Å². The minimum Gasteiger partial charge on any atom is -0.508 e. The standard InChI is InChI=1S/C14H14N2O3/c1-19-14(18)5-3-11-8-10(2-4-13(11)17)12-9-15-6-7-16-12/h2,4,6-9,17H,3,5H2,1H3. The number of nitrogens with zero attached hydrogens (tertiary/aromatic N) is 2. The Balaban J connectivity index is 2.22. The van der Waals surface area contributed by atoms with Crippen LogP contribution in [0.2, 0.25) is 0 Å². The lowest BCUT2D eigenvalue weighted by atomic mass is 10.0. The van der Waals surface area contributed by atoms with Gasteiger partial charge in [0.25, 0.3) is 0 Å². The number of carbonyl (C=O) groups excluding carboxylic acids is 1. The Morgan fingerprint density at radius 1 is 1.37 bits per heavy atom. The van der Waals surface area contributed by atoms with Crippen LogP contribution >= 0.6 is 0 Å². The fourth-order valence-corrected chi connectivity index (χ4v) is 1.73. The molecule has 1 N–H and O–H groups in total. The first kappa shape index (κ1) is 13.0. The lowest BCUT2D eigenvalue weighted by Crippen LogP contribution is -2.02. The van der Waals surface area contributed by atoms with Crippen LogP contribution in [0.15, 0.2) is 36.8 Å². The average molecular weight is 258 g/mol. The van der Waals surface area contributed by atoms with Gasteiger partial charge in [0.15, 0.2) is 0 Å². The number of hydrogen-bond acceptors (Lipinski definition) is 5. The molecule has 5 nitrogen and oxygen atoms in total. The van der Waals surface area contributed by atoms with E-state index in [1.807, 2.05) is 6.07 Å². The molecule has 0 spiro atoms. The van der Waals surface area contributed by atoms with Crippen molar-refractivity contribution in [2.24, 2.45) is 0 Å². The highest BCUT2D eigenvalue weighted by Crippen LogP contribution is 2.25. The quantitative estimate of drug-likeness (QED) is 0.849. The highest BCUT2D eigenvalue weighted by atomic mass is 16.5. The number of hydrogen-bond donors (Lipinski definition) is 1. The van der Waals surface area contributed by atoms with E-state index in [-0.39, 0.29) is 18.1 Å². The van der Waals surface area contributed by atoms with E-state index < -0.39 is 0 Å². The molecule has 1 aromatic heterocycles. The van der Waals surface area contributed by atoms with E-state index in [9.17, 15) is 9.90 Å². The molecule has 19 heavy (non-hydrogen) atoms. The zero-order valence-corrected chi connectivity index (χ0v) is 10.5. The van der Waals surface area contributed by atoms with Gasteiger partial charge in [0.05, 0.1) is 19.0 Å². The molecular weight excluding hydrogens is 244 g/mol. The van der Waals surface area contributed by atoms with E-state index in [0.29, 0.717) is 12.0 Å². The molecule has 1 aromatic carbocycles. The maximum absolute atomic E-state index is 11.1. The molecule has 5 heteroatoms. The largest absolute Gasteiger partial charge is 0.508 e. The second-order valence-electron chi connectivity index (χ2n) is 4.01. The van der Waals surface area contributed by atoms with Crippen LogP contribution in [0.1, 0.15) is 12.0 Å². The van der Waals surface area contributed by atoms with Gasteiger partial charge >= 0.3 is 5.97 Å². The molecule has 2 aromatic rings. The van der Waals surface area contributed by atoms with Crippen LogP contribution in [0.3, 0.4) is 0 Å². The molecular formula is C14H14N2O3. The topological polar surface area (TPSA) is 72.3 Å². The molecule has 0 atom stereocenters. The van der Waals surface area contributed by atoms with Gasteiger partial charge in [0, 0.05) is 24.4 Å². The summed E-state index contributed by atoms with van der Waals surface area (Å²) in [4.78, 5) is 19.3. The van der Waals surface area contributed by atoms with Crippen LogP contribution in [0.25, 0.3) is 11.3 Å². The molecule has 0 radical (unpaired) electrons. The van der Waals surface area contributed by atoms with Crippen LogP contribution in [0, 0.1) is 0 Å². The van der Waals surface area contributed by atoms with Crippen LogP contribution in [0.4, 0.5) is 0 Å². The predicted octanol–water partition coefficient (Wildman–Crippen LogP) is 1.95. The van der Waals surface area contributed by atoms with Gasteiger partial charge in [-0.15, -0.1) is 0 Å². The van der Waals surface area contributed by atoms with Crippen molar-refractivity contribution < 1.29 is 14.6 Å². The summed E-state index contributed by atoms with van der Waals surface area (Å²) >= 11 is 0. The zero-order chi connectivity index (χ0) is 13.7. The first-order valence-electron chi connectivity index (χ1n) is 5.86. The number of phenols is 1. The van der Waals surface area contributed by atoms with E-state index in [0.717, 1.165) is 11.3 Å². The minimum atomic E-state index is -0.302. The normalized spacial score (nSPS) is 10.2. The summed E-state index contributed by atoms with van der Waals surface area (Å²) in [5.41, 5.74) is 2.26. The molecule has 0 unspecified atom stereocenters. The van der Waals surface area contributed by atoms with Gasteiger partial charge in [-0.25, -0.2) is 0 Å². The highest BCUT2D eigenvalue weighted by molar-refractivity contribution is 5.70. The van der Waals surface area contributed by atoms with Crippen molar-refractivity contribution >= 4 is 5.97 Å². The number of benzene rings is 1. The average Bonchev–Trinajstić information content (AvgIpc) is 2.47. The molecule has 0 bridgehead atoms.